The molecule has 0 aliphatic carbocycles. The largest absolute Gasteiger partial charge is 0.507 e. The standard InChI is InChI=1S/C37H47NO12/c1-16-11-10-12-17(2)36(46)38-23-15-24(40)26-27(32(23)44)31(43)21(6)34-28(26)35(45)37(8,50-34)48-14-13-25(47-9)18(3)33(49-22(7)39)20(5)30(42)19(4)29(16)41/h10-16,18-20,25,29-30,33,40-44H,1-9H3,(H,38,46)/t16-,18+,19+,20+,25-,29-,30+,33+,37-/m0/s1. The van der Waals surface area contributed by atoms with Gasteiger partial charge in [0.05, 0.1) is 41.2 Å². The third-order valence-electron chi connectivity index (χ3n) is 9.84. The molecule has 0 saturated carbocycles. The van der Waals surface area contributed by atoms with Gasteiger partial charge < -0.3 is 49.8 Å². The number of carbonyl (C=O) groups excluding carboxylic acids is 3. The van der Waals surface area contributed by atoms with E-state index in [4.69, 9.17) is 18.9 Å². The zero-order valence-corrected chi connectivity index (χ0v) is 29.7. The second-order valence-electron chi connectivity index (χ2n) is 13.4. The summed E-state index contributed by atoms with van der Waals surface area (Å²) in [6.07, 6.45) is 3.62. The van der Waals surface area contributed by atoms with Crippen molar-refractivity contribution in [3.05, 3.63) is 53.3 Å². The summed E-state index contributed by atoms with van der Waals surface area (Å²) in [5, 5.41) is 58.2. The van der Waals surface area contributed by atoms with E-state index in [1.54, 1.807) is 39.8 Å². The van der Waals surface area contributed by atoms with Gasteiger partial charge in [-0.3, -0.25) is 14.4 Å². The number of aliphatic hydroxyl groups is 2. The summed E-state index contributed by atoms with van der Waals surface area (Å²) >= 11 is 0. The van der Waals surface area contributed by atoms with Crippen LogP contribution in [0.25, 0.3) is 10.8 Å². The Kier molecular flexibility index (Phi) is 11.2. The zero-order valence-electron chi connectivity index (χ0n) is 29.7. The highest BCUT2D eigenvalue weighted by Crippen LogP contribution is 2.53. The van der Waals surface area contributed by atoms with Crippen LogP contribution in [0.2, 0.25) is 0 Å². The predicted molar refractivity (Wildman–Crippen MR) is 184 cm³/mol. The fourth-order valence-corrected chi connectivity index (χ4v) is 6.65. The number of aromatic hydroxyl groups is 3. The van der Waals surface area contributed by atoms with E-state index < -0.39 is 88.8 Å². The highest BCUT2D eigenvalue weighted by molar-refractivity contribution is 6.21. The lowest BCUT2D eigenvalue weighted by molar-refractivity contribution is -0.160. The van der Waals surface area contributed by atoms with Gasteiger partial charge in [-0.25, -0.2) is 0 Å². The van der Waals surface area contributed by atoms with Crippen LogP contribution in [0.1, 0.15) is 64.4 Å². The lowest BCUT2D eigenvalue weighted by atomic mass is 9.78. The molecule has 13 heteroatoms. The first-order valence-corrected chi connectivity index (χ1v) is 16.4. The molecule has 2 aromatic rings. The van der Waals surface area contributed by atoms with Crippen LogP contribution in [0, 0.1) is 30.6 Å². The molecule has 2 aromatic carbocycles. The molecule has 0 aromatic heterocycles. The van der Waals surface area contributed by atoms with Gasteiger partial charge in [0.15, 0.2) is 5.75 Å². The molecule has 50 heavy (non-hydrogen) atoms. The van der Waals surface area contributed by atoms with Crippen molar-refractivity contribution in [2.75, 3.05) is 12.4 Å². The van der Waals surface area contributed by atoms with Gasteiger partial charge in [0.25, 0.3) is 11.7 Å². The number of hydrogen-bond donors (Lipinski definition) is 6. The van der Waals surface area contributed by atoms with Gasteiger partial charge in [-0.2, -0.15) is 0 Å². The number of rotatable bonds is 2. The number of nitrogens with one attached hydrogen (secondary N) is 1. The highest BCUT2D eigenvalue weighted by Gasteiger charge is 2.49. The van der Waals surface area contributed by atoms with Crippen LogP contribution in [0.15, 0.2) is 42.2 Å². The number of Topliss-reactive ketones (excluding diaryl/α,β-unsaturated/α-hetero) is 1. The summed E-state index contributed by atoms with van der Waals surface area (Å²) in [6.45, 7) is 12.5. The van der Waals surface area contributed by atoms with Gasteiger partial charge in [0, 0.05) is 67.2 Å². The van der Waals surface area contributed by atoms with Crippen LogP contribution in [0.5, 0.6) is 23.0 Å². The maximum Gasteiger partial charge on any atom is 0.312 e. The Hall–Kier alpha value is -4.59. The number of benzene rings is 2. The number of hydrogen-bond acceptors (Lipinski definition) is 12. The van der Waals surface area contributed by atoms with Gasteiger partial charge in [-0.05, 0) is 19.9 Å². The summed E-state index contributed by atoms with van der Waals surface area (Å²) in [4.78, 5) is 39.2. The van der Waals surface area contributed by atoms with Gasteiger partial charge in [0.1, 0.15) is 23.4 Å². The summed E-state index contributed by atoms with van der Waals surface area (Å²) in [5.74, 6) is -7.99. The number of esters is 1. The molecule has 3 heterocycles. The minimum Gasteiger partial charge on any atom is -0.507 e. The minimum atomic E-state index is -1.98. The molecular formula is C37H47NO12. The Morgan fingerprint density at radius 3 is 2.22 bits per heavy atom. The number of allylic oxidation sites excluding steroid dienone is 2. The number of carbonyl (C=O) groups is 3. The van der Waals surface area contributed by atoms with E-state index >= 15 is 0 Å². The van der Waals surface area contributed by atoms with E-state index in [9.17, 15) is 39.9 Å². The number of ketones is 1. The Labute approximate surface area is 290 Å². The van der Waals surface area contributed by atoms with E-state index in [0.717, 1.165) is 6.07 Å². The maximum atomic E-state index is 13.9. The summed E-state index contributed by atoms with van der Waals surface area (Å²) in [6, 6.07) is 1.06. The molecule has 0 radical (unpaired) electrons. The smallest absolute Gasteiger partial charge is 0.312 e. The molecule has 1 amide bonds. The molecule has 0 unspecified atom stereocenters. The van der Waals surface area contributed by atoms with Crippen LogP contribution >= 0.6 is 0 Å². The Balaban J connectivity index is 1.87. The minimum absolute atomic E-state index is 0.0709. The van der Waals surface area contributed by atoms with Crippen molar-refractivity contribution in [3.8, 4) is 23.0 Å². The van der Waals surface area contributed by atoms with E-state index in [-0.39, 0.29) is 38.9 Å². The number of anilines is 1. The number of phenolic OH excluding ortho intramolecular Hbond substituents is 3. The van der Waals surface area contributed by atoms with Gasteiger partial charge in [0.2, 0.25) is 0 Å². The van der Waals surface area contributed by atoms with Crippen molar-refractivity contribution >= 4 is 34.1 Å². The molecule has 0 saturated heterocycles. The highest BCUT2D eigenvalue weighted by atomic mass is 16.7. The average Bonchev–Trinajstić information content (AvgIpc) is 3.33. The SMILES string of the molecule is CO[C@H]1C=CO[C@@]2(C)Oc3c(C)c(O)c4c(O)c(cc(O)c4c3C2=O)NC(=O)C(C)=CC=C[C@H](C)[C@H](O)[C@@H](C)[C@@H](O)[C@@H](C)[C@H](OC(C)=O)[C@@H]1C. The number of amides is 1. The number of phenols is 3. The van der Waals surface area contributed by atoms with Gasteiger partial charge in [-0.1, -0.05) is 45.9 Å². The number of ether oxygens (including phenoxy) is 4. The maximum absolute atomic E-state index is 13.9. The van der Waals surface area contributed by atoms with E-state index in [2.05, 4.69) is 5.32 Å². The van der Waals surface area contributed by atoms with Crippen molar-refractivity contribution < 1.29 is 58.9 Å². The molecule has 9 atom stereocenters. The van der Waals surface area contributed by atoms with Gasteiger partial charge in [-0.15, -0.1) is 0 Å². The molecule has 6 N–H and O–H groups in total. The lowest BCUT2D eigenvalue weighted by Crippen LogP contribution is -2.46. The molecule has 13 nitrogen and oxygen atoms in total. The first-order valence-electron chi connectivity index (χ1n) is 16.4. The van der Waals surface area contributed by atoms with Crippen LogP contribution in [0.4, 0.5) is 5.69 Å². The second-order valence-corrected chi connectivity index (χ2v) is 13.4. The van der Waals surface area contributed by atoms with Crippen molar-refractivity contribution in [3.63, 3.8) is 0 Å². The molecule has 0 spiro atoms. The van der Waals surface area contributed by atoms with E-state index in [0.29, 0.717) is 0 Å². The van der Waals surface area contributed by atoms with Crippen LogP contribution in [0.3, 0.4) is 0 Å². The zero-order chi connectivity index (χ0) is 37.4. The fourth-order valence-electron chi connectivity index (χ4n) is 6.65. The molecule has 3 aliphatic rings. The number of methoxy groups -OCH3 is 1. The number of aliphatic hydroxyl groups excluding tert-OH is 2. The van der Waals surface area contributed by atoms with Crippen LogP contribution in [-0.4, -0.2) is 80.5 Å². The molecule has 5 bridgehead atoms. The summed E-state index contributed by atoms with van der Waals surface area (Å²) in [5.41, 5.74) is -0.0929. The monoisotopic (exact) mass is 697 g/mol. The van der Waals surface area contributed by atoms with E-state index in [1.165, 1.54) is 53.2 Å². The molecule has 3 aliphatic heterocycles. The summed E-state index contributed by atoms with van der Waals surface area (Å²) < 4.78 is 23.2. The first-order chi connectivity index (χ1) is 23.4. The summed E-state index contributed by atoms with van der Waals surface area (Å²) in [7, 11) is 1.43. The van der Waals surface area contributed by atoms with Crippen molar-refractivity contribution in [1.29, 1.82) is 0 Å². The topological polar surface area (TPSA) is 201 Å². The van der Waals surface area contributed by atoms with Crippen LogP contribution in [-0.2, 0) is 23.8 Å². The number of fused-ring (bicyclic) bond motifs is 14. The van der Waals surface area contributed by atoms with Crippen LogP contribution < -0.4 is 10.1 Å². The Bertz CT molecular complexity index is 1760. The predicted octanol–water partition coefficient (Wildman–Crippen LogP) is 4.75. The average molecular weight is 698 g/mol. The van der Waals surface area contributed by atoms with Crippen molar-refractivity contribution in [2.24, 2.45) is 23.7 Å². The molecule has 272 valence electrons. The van der Waals surface area contributed by atoms with E-state index in [1.807, 2.05) is 0 Å². The third-order valence-corrected chi connectivity index (χ3v) is 9.84. The molecular weight excluding hydrogens is 650 g/mol. The quantitative estimate of drug-likeness (QED) is 0.143. The van der Waals surface area contributed by atoms with Crippen molar-refractivity contribution in [2.45, 2.75) is 85.6 Å². The second kappa shape index (κ2) is 14.7. The third kappa shape index (κ3) is 7.03. The molecule has 0 fully saturated rings. The Morgan fingerprint density at radius 1 is 0.940 bits per heavy atom. The molecule has 5 rings (SSSR count). The Morgan fingerprint density at radius 2 is 1.60 bits per heavy atom. The lowest BCUT2D eigenvalue weighted by Gasteiger charge is -2.38. The first kappa shape index (κ1) is 38.2. The normalized spacial score (nSPS) is 30.9. The van der Waals surface area contributed by atoms with Crippen molar-refractivity contribution in [1.82, 2.24) is 0 Å². The van der Waals surface area contributed by atoms with Gasteiger partial charge >= 0.3 is 11.8 Å². The fraction of sp³-hybridized carbons (Fsp3) is 0.486.